The Balaban J connectivity index is 2.39. The third kappa shape index (κ3) is 4.94. The van der Waals surface area contributed by atoms with Gasteiger partial charge in [-0.25, -0.2) is 9.80 Å². The predicted octanol–water partition coefficient (Wildman–Crippen LogP) is 3.22. The minimum absolute atomic E-state index is 0.0998. The fourth-order valence-corrected chi connectivity index (χ4v) is 3.62. The van der Waals surface area contributed by atoms with Gasteiger partial charge < -0.3 is 15.8 Å². The molecule has 0 spiro atoms. The molecule has 1 aromatic carbocycles. The van der Waals surface area contributed by atoms with Crippen molar-refractivity contribution in [2.75, 3.05) is 6.54 Å². The molecule has 8 heteroatoms. The average molecular weight is 393 g/mol. The third-order valence-corrected chi connectivity index (χ3v) is 4.93. The number of hydrazone groups is 1. The quantitative estimate of drug-likeness (QED) is 0.823. The topological polar surface area (TPSA) is 97.0 Å². The Morgan fingerprint density at radius 3 is 2.30 bits per heavy atom. The van der Waals surface area contributed by atoms with Crippen molar-refractivity contribution < 1.29 is 14.3 Å². The van der Waals surface area contributed by atoms with Crippen LogP contribution in [0.2, 0.25) is 0 Å². The van der Waals surface area contributed by atoms with Crippen molar-refractivity contribution in [2.24, 2.45) is 16.3 Å². The van der Waals surface area contributed by atoms with Crippen LogP contribution in [0.1, 0.15) is 47.1 Å². The van der Waals surface area contributed by atoms with E-state index in [9.17, 15) is 9.59 Å². The van der Waals surface area contributed by atoms with Crippen LogP contribution in [0.25, 0.3) is 0 Å². The fourth-order valence-electron chi connectivity index (χ4n) is 2.54. The van der Waals surface area contributed by atoms with E-state index in [4.69, 9.17) is 10.5 Å². The van der Waals surface area contributed by atoms with Gasteiger partial charge in [0.05, 0.1) is 6.54 Å². The molecule has 27 heavy (non-hydrogen) atoms. The van der Waals surface area contributed by atoms with E-state index in [0.717, 1.165) is 5.56 Å². The van der Waals surface area contributed by atoms with E-state index >= 15 is 0 Å². The maximum Gasteiger partial charge on any atom is 0.407 e. The molecule has 0 fully saturated rings. The molecule has 1 unspecified atom stereocenters. The molecule has 1 aliphatic heterocycles. The molecule has 3 N–H and O–H groups in total. The first-order valence-corrected chi connectivity index (χ1v) is 9.57. The molecule has 148 valence electrons. The van der Waals surface area contributed by atoms with Gasteiger partial charge in [-0.05, 0) is 38.1 Å². The number of alkyl carbamates (subject to hydrolysis) is 1. The number of rotatable bonds is 3. The first-order chi connectivity index (χ1) is 12.3. The number of amides is 2. The van der Waals surface area contributed by atoms with Gasteiger partial charge >= 0.3 is 6.09 Å². The van der Waals surface area contributed by atoms with Crippen molar-refractivity contribution in [1.82, 2.24) is 10.3 Å². The lowest BCUT2D eigenvalue weighted by molar-refractivity contribution is -0.143. The average Bonchev–Trinajstić information content (AvgIpc) is 2.88. The Morgan fingerprint density at radius 1 is 1.19 bits per heavy atom. The number of ether oxygens (including phenoxy) is 1. The lowest BCUT2D eigenvalue weighted by Crippen LogP contribution is -2.52. The van der Waals surface area contributed by atoms with Crippen molar-refractivity contribution in [3.8, 4) is 0 Å². The zero-order valence-electron chi connectivity index (χ0n) is 16.7. The summed E-state index contributed by atoms with van der Waals surface area (Å²) in [5.74, 6) is -0.190. The van der Waals surface area contributed by atoms with Crippen LogP contribution < -0.4 is 11.1 Å². The highest BCUT2D eigenvalue weighted by atomic mass is 32.2. The second kappa shape index (κ2) is 7.42. The van der Waals surface area contributed by atoms with Gasteiger partial charge in [0, 0.05) is 5.41 Å². The highest BCUT2D eigenvalue weighted by molar-refractivity contribution is 8.14. The summed E-state index contributed by atoms with van der Waals surface area (Å²) in [6, 6.07) is 9.42. The summed E-state index contributed by atoms with van der Waals surface area (Å²) in [5, 5.41) is 8.71. The molecule has 1 aromatic rings. The molecule has 1 aliphatic rings. The third-order valence-electron chi connectivity index (χ3n) is 3.74. The molecule has 2 rings (SSSR count). The molecule has 0 radical (unpaired) electrons. The van der Waals surface area contributed by atoms with Crippen molar-refractivity contribution >= 4 is 28.9 Å². The lowest BCUT2D eigenvalue weighted by Gasteiger charge is -2.38. The number of carbonyl (C=O) groups is 2. The predicted molar refractivity (Wildman–Crippen MR) is 108 cm³/mol. The molecule has 1 atom stereocenters. The van der Waals surface area contributed by atoms with Crippen LogP contribution in [0, 0.1) is 5.41 Å². The molecule has 0 aliphatic carbocycles. The Labute approximate surface area is 164 Å². The Bertz CT molecular complexity index is 738. The first-order valence-electron chi connectivity index (χ1n) is 8.75. The van der Waals surface area contributed by atoms with Crippen LogP contribution in [-0.4, -0.2) is 34.3 Å². The van der Waals surface area contributed by atoms with Crippen LogP contribution >= 0.6 is 11.8 Å². The van der Waals surface area contributed by atoms with Crippen molar-refractivity contribution in [3.63, 3.8) is 0 Å². The zero-order valence-corrected chi connectivity index (χ0v) is 17.5. The summed E-state index contributed by atoms with van der Waals surface area (Å²) in [5.41, 5.74) is 5.53. The molecule has 0 saturated carbocycles. The second-order valence-electron chi connectivity index (χ2n) is 8.41. The number of amidine groups is 1. The molecule has 2 amide bonds. The largest absolute Gasteiger partial charge is 0.444 e. The van der Waals surface area contributed by atoms with E-state index in [1.54, 1.807) is 20.8 Å². The number of nitrogens with two attached hydrogens (primary N) is 1. The van der Waals surface area contributed by atoms with E-state index in [1.807, 2.05) is 51.1 Å². The van der Waals surface area contributed by atoms with Crippen LogP contribution in [0.3, 0.4) is 0 Å². The van der Waals surface area contributed by atoms with Crippen LogP contribution in [0.15, 0.2) is 35.4 Å². The van der Waals surface area contributed by atoms with E-state index in [0.29, 0.717) is 0 Å². The maximum atomic E-state index is 13.1. The lowest BCUT2D eigenvalue weighted by atomic mass is 9.93. The first kappa shape index (κ1) is 21.1. The summed E-state index contributed by atoms with van der Waals surface area (Å²) in [4.78, 5) is 24.3. The highest BCUT2D eigenvalue weighted by Gasteiger charge is 2.50. The van der Waals surface area contributed by atoms with E-state index in [-0.39, 0.29) is 17.6 Å². The Kier molecular flexibility index (Phi) is 5.79. The maximum absolute atomic E-state index is 13.1. The monoisotopic (exact) mass is 392 g/mol. The SMILES string of the molecule is CC(C)(C)OC(=O)NCC1(c2ccccc2)SC(N)=NN1C(=O)C(C)(C)C. The van der Waals surface area contributed by atoms with E-state index in [2.05, 4.69) is 10.4 Å². The van der Waals surface area contributed by atoms with Crippen molar-refractivity contribution in [2.45, 2.75) is 52.0 Å². The summed E-state index contributed by atoms with van der Waals surface area (Å²) in [7, 11) is 0. The van der Waals surface area contributed by atoms with Gasteiger partial charge in [0.15, 0.2) is 10.0 Å². The van der Waals surface area contributed by atoms with Gasteiger partial charge in [0.25, 0.3) is 0 Å². The normalized spacial score (nSPS) is 20.2. The number of benzene rings is 1. The molecular weight excluding hydrogens is 364 g/mol. The number of hydrogen-bond donors (Lipinski definition) is 2. The minimum atomic E-state index is -0.980. The molecule has 0 saturated heterocycles. The minimum Gasteiger partial charge on any atom is -0.444 e. The molecule has 0 aromatic heterocycles. The van der Waals surface area contributed by atoms with Gasteiger partial charge in [-0.15, -0.1) is 5.10 Å². The van der Waals surface area contributed by atoms with E-state index in [1.165, 1.54) is 16.8 Å². The summed E-state index contributed by atoms with van der Waals surface area (Å²) >= 11 is 1.24. The second-order valence-corrected chi connectivity index (χ2v) is 9.71. The van der Waals surface area contributed by atoms with Crippen molar-refractivity contribution in [1.29, 1.82) is 0 Å². The van der Waals surface area contributed by atoms with Crippen LogP contribution in [0.4, 0.5) is 4.79 Å². The fraction of sp³-hybridized carbons (Fsp3) is 0.526. The number of thioether (sulfide) groups is 1. The van der Waals surface area contributed by atoms with Gasteiger partial charge in [-0.3, -0.25) is 4.79 Å². The van der Waals surface area contributed by atoms with E-state index < -0.39 is 22.0 Å². The van der Waals surface area contributed by atoms with Crippen molar-refractivity contribution in [3.05, 3.63) is 35.9 Å². The molecule has 7 nitrogen and oxygen atoms in total. The smallest absolute Gasteiger partial charge is 0.407 e. The highest BCUT2D eigenvalue weighted by Crippen LogP contribution is 2.46. The Hall–Kier alpha value is -2.22. The van der Waals surface area contributed by atoms with Crippen LogP contribution in [-0.2, 0) is 14.4 Å². The summed E-state index contributed by atoms with van der Waals surface area (Å²) in [6.45, 7) is 10.9. The number of nitrogens with zero attached hydrogens (tertiary/aromatic N) is 2. The number of carbonyl (C=O) groups excluding carboxylic acids is 2. The molecule has 0 bridgehead atoms. The van der Waals surface area contributed by atoms with Gasteiger partial charge in [0.1, 0.15) is 5.60 Å². The zero-order chi connectivity index (χ0) is 20.5. The summed E-state index contributed by atoms with van der Waals surface area (Å²) in [6.07, 6.45) is -0.563. The summed E-state index contributed by atoms with van der Waals surface area (Å²) < 4.78 is 5.34. The molecule has 1 heterocycles. The molecular formula is C19H28N4O3S. The standard InChI is InChI=1S/C19H28N4O3S/c1-17(2,3)14(24)23-19(27-15(20)22-23,13-10-8-7-9-11-13)12-21-16(25)26-18(4,5)6/h7-11H,12H2,1-6H3,(H2,20,22)(H,21,25). The van der Waals surface area contributed by atoms with Crippen LogP contribution in [0.5, 0.6) is 0 Å². The van der Waals surface area contributed by atoms with Gasteiger partial charge in [-0.1, -0.05) is 51.1 Å². The van der Waals surface area contributed by atoms with Gasteiger partial charge in [-0.2, -0.15) is 0 Å². The Morgan fingerprint density at radius 2 is 1.78 bits per heavy atom. The van der Waals surface area contributed by atoms with Gasteiger partial charge in [0.2, 0.25) is 5.91 Å². The number of hydrogen-bond acceptors (Lipinski definition) is 6. The number of nitrogens with one attached hydrogen (secondary N) is 1.